The summed E-state index contributed by atoms with van der Waals surface area (Å²) in [6, 6.07) is 13.6. The average molecular weight is 496 g/mol. The maximum atomic E-state index is 12.9. The van der Waals surface area contributed by atoms with Crippen LogP contribution in [0.1, 0.15) is 60.9 Å². The molecule has 0 spiro atoms. The first-order valence-electron chi connectivity index (χ1n) is 12.4. The highest BCUT2D eigenvalue weighted by Gasteiger charge is 2.25. The molecule has 2 aliphatic rings. The molecular weight excluding hydrogens is 462 g/mol. The number of nitrogens with zero attached hydrogens (tertiary/aromatic N) is 2. The van der Waals surface area contributed by atoms with E-state index in [4.69, 9.17) is 0 Å². The molecule has 2 amide bonds. The minimum atomic E-state index is -3.50. The molecular formula is C27H33N3O4S. The Morgan fingerprint density at radius 1 is 0.771 bits per heavy atom. The van der Waals surface area contributed by atoms with Gasteiger partial charge in [0.15, 0.2) is 0 Å². The first kappa shape index (κ1) is 25.1. The van der Waals surface area contributed by atoms with E-state index in [1.54, 1.807) is 58.9 Å². The number of piperidine rings is 1. The van der Waals surface area contributed by atoms with Crippen molar-refractivity contribution in [3.05, 3.63) is 65.7 Å². The molecule has 2 saturated heterocycles. The Labute approximate surface area is 207 Å². The first-order chi connectivity index (χ1) is 16.9. The van der Waals surface area contributed by atoms with Gasteiger partial charge in [0, 0.05) is 32.3 Å². The molecule has 0 atom stereocenters. The summed E-state index contributed by atoms with van der Waals surface area (Å²) < 4.78 is 27.4. The monoisotopic (exact) mass is 495 g/mol. The lowest BCUT2D eigenvalue weighted by molar-refractivity contribution is -0.111. The fourth-order valence-corrected chi connectivity index (χ4v) is 6.09. The van der Waals surface area contributed by atoms with Crippen molar-refractivity contribution in [2.24, 2.45) is 0 Å². The van der Waals surface area contributed by atoms with Gasteiger partial charge in [-0.2, -0.15) is 4.31 Å². The van der Waals surface area contributed by atoms with Crippen LogP contribution in [0.4, 0.5) is 5.69 Å². The van der Waals surface area contributed by atoms with Crippen LogP contribution < -0.4 is 5.32 Å². The third-order valence-corrected chi connectivity index (χ3v) is 8.48. The van der Waals surface area contributed by atoms with Gasteiger partial charge in [-0.3, -0.25) is 9.59 Å². The van der Waals surface area contributed by atoms with E-state index in [1.807, 2.05) is 4.90 Å². The number of amides is 2. The van der Waals surface area contributed by atoms with E-state index in [-0.39, 0.29) is 16.7 Å². The zero-order chi connectivity index (χ0) is 24.7. The van der Waals surface area contributed by atoms with E-state index < -0.39 is 10.0 Å². The average Bonchev–Trinajstić information content (AvgIpc) is 3.19. The number of benzene rings is 2. The molecule has 2 aromatic carbocycles. The van der Waals surface area contributed by atoms with Gasteiger partial charge in [-0.25, -0.2) is 8.42 Å². The van der Waals surface area contributed by atoms with Gasteiger partial charge < -0.3 is 10.2 Å². The summed E-state index contributed by atoms with van der Waals surface area (Å²) in [5.74, 6) is -0.420. The van der Waals surface area contributed by atoms with Crippen LogP contribution >= 0.6 is 0 Å². The lowest BCUT2D eigenvalue weighted by Gasteiger charge is -2.27. The quantitative estimate of drug-likeness (QED) is 0.597. The number of nitrogens with one attached hydrogen (secondary N) is 1. The molecule has 2 heterocycles. The number of carbonyl (C=O) groups is 2. The van der Waals surface area contributed by atoms with E-state index in [0.29, 0.717) is 29.9 Å². The van der Waals surface area contributed by atoms with E-state index in [9.17, 15) is 18.0 Å². The summed E-state index contributed by atoms with van der Waals surface area (Å²) in [6.45, 7) is 2.60. The van der Waals surface area contributed by atoms with Crippen LogP contribution in [-0.4, -0.2) is 55.6 Å². The molecule has 0 saturated carbocycles. The van der Waals surface area contributed by atoms with Crippen LogP contribution in [0, 0.1) is 0 Å². The van der Waals surface area contributed by atoms with Crippen molar-refractivity contribution < 1.29 is 18.0 Å². The molecule has 0 aliphatic carbocycles. The lowest BCUT2D eigenvalue weighted by Crippen LogP contribution is -2.36. The molecule has 4 rings (SSSR count). The van der Waals surface area contributed by atoms with Crippen molar-refractivity contribution in [1.82, 2.24) is 9.21 Å². The van der Waals surface area contributed by atoms with E-state index in [1.165, 1.54) is 6.08 Å². The normalized spacial score (nSPS) is 17.8. The standard InChI is InChI=1S/C27H33N3O4S/c31-26(28-25-11-5-4-10-24(25)27(32)29-18-6-3-7-19-29)17-14-22-12-15-23(16-13-22)35(33,34)30-20-8-1-2-9-21-30/h4-5,10-17H,1-3,6-9,18-21H2,(H,28,31)/b17-14+. The number of hydrogen-bond donors (Lipinski definition) is 1. The molecule has 1 N–H and O–H groups in total. The van der Waals surface area contributed by atoms with Crippen LogP contribution in [0.25, 0.3) is 6.08 Å². The number of likely N-dealkylation sites (tertiary alicyclic amines) is 1. The molecule has 0 bridgehead atoms. The van der Waals surface area contributed by atoms with Crippen molar-refractivity contribution in [1.29, 1.82) is 0 Å². The lowest BCUT2D eigenvalue weighted by atomic mass is 10.1. The second-order valence-corrected chi connectivity index (χ2v) is 11.0. The summed E-state index contributed by atoms with van der Waals surface area (Å²) in [6.07, 6.45) is 10.1. The molecule has 0 unspecified atom stereocenters. The Morgan fingerprint density at radius 2 is 1.37 bits per heavy atom. The molecule has 0 radical (unpaired) electrons. The predicted molar refractivity (Wildman–Crippen MR) is 138 cm³/mol. The summed E-state index contributed by atoms with van der Waals surface area (Å²) in [7, 11) is -3.50. The van der Waals surface area contributed by atoms with Gasteiger partial charge in [-0.15, -0.1) is 0 Å². The number of sulfonamides is 1. The fourth-order valence-electron chi connectivity index (χ4n) is 4.57. The van der Waals surface area contributed by atoms with Gasteiger partial charge in [-0.05, 0) is 68.0 Å². The maximum Gasteiger partial charge on any atom is 0.255 e. The first-order valence-corrected chi connectivity index (χ1v) is 13.9. The van der Waals surface area contributed by atoms with Crippen molar-refractivity contribution in [3.8, 4) is 0 Å². The van der Waals surface area contributed by atoms with Gasteiger partial charge in [0.25, 0.3) is 5.91 Å². The maximum absolute atomic E-state index is 12.9. The SMILES string of the molecule is O=C(/C=C/c1ccc(S(=O)(=O)N2CCCCCC2)cc1)Nc1ccccc1C(=O)N1CCCCC1. The number of carbonyl (C=O) groups excluding carboxylic acids is 2. The largest absolute Gasteiger partial charge is 0.339 e. The van der Waals surface area contributed by atoms with Crippen molar-refractivity contribution in [2.75, 3.05) is 31.5 Å². The highest BCUT2D eigenvalue weighted by molar-refractivity contribution is 7.89. The Balaban J connectivity index is 1.40. The molecule has 35 heavy (non-hydrogen) atoms. The zero-order valence-electron chi connectivity index (χ0n) is 20.0. The van der Waals surface area contributed by atoms with Crippen LogP contribution in [0.2, 0.25) is 0 Å². The third-order valence-electron chi connectivity index (χ3n) is 6.57. The van der Waals surface area contributed by atoms with Crippen molar-refractivity contribution in [2.45, 2.75) is 49.8 Å². The second kappa shape index (κ2) is 11.6. The fraction of sp³-hybridized carbons (Fsp3) is 0.407. The van der Waals surface area contributed by atoms with Gasteiger partial charge in [0.05, 0.1) is 16.1 Å². The molecule has 2 aromatic rings. The minimum absolute atomic E-state index is 0.0641. The molecule has 2 fully saturated rings. The summed E-state index contributed by atoms with van der Waals surface area (Å²) in [5, 5.41) is 2.81. The van der Waals surface area contributed by atoms with Crippen LogP contribution in [0.5, 0.6) is 0 Å². The molecule has 186 valence electrons. The van der Waals surface area contributed by atoms with E-state index >= 15 is 0 Å². The Morgan fingerprint density at radius 3 is 2.06 bits per heavy atom. The summed E-state index contributed by atoms with van der Waals surface area (Å²) in [5.41, 5.74) is 1.68. The number of rotatable bonds is 6. The third kappa shape index (κ3) is 6.38. The second-order valence-electron chi connectivity index (χ2n) is 9.11. The molecule has 0 aromatic heterocycles. The van der Waals surface area contributed by atoms with Crippen molar-refractivity contribution >= 4 is 33.6 Å². The van der Waals surface area contributed by atoms with Crippen LogP contribution in [0.15, 0.2) is 59.5 Å². The highest BCUT2D eigenvalue weighted by Crippen LogP contribution is 2.22. The van der Waals surface area contributed by atoms with Crippen molar-refractivity contribution in [3.63, 3.8) is 0 Å². The predicted octanol–water partition coefficient (Wildman–Crippen LogP) is 4.53. The number of hydrogen-bond acceptors (Lipinski definition) is 4. The Kier molecular flexibility index (Phi) is 8.36. The van der Waals surface area contributed by atoms with Gasteiger partial charge in [0.2, 0.25) is 15.9 Å². The summed E-state index contributed by atoms with van der Waals surface area (Å²) >= 11 is 0. The Hall–Kier alpha value is -2.97. The summed E-state index contributed by atoms with van der Waals surface area (Å²) in [4.78, 5) is 27.6. The highest BCUT2D eigenvalue weighted by atomic mass is 32.2. The van der Waals surface area contributed by atoms with Crippen LogP contribution in [0.3, 0.4) is 0 Å². The van der Waals surface area contributed by atoms with Crippen LogP contribution in [-0.2, 0) is 14.8 Å². The number of para-hydroxylation sites is 1. The van der Waals surface area contributed by atoms with E-state index in [0.717, 1.165) is 58.0 Å². The molecule has 7 nitrogen and oxygen atoms in total. The van der Waals surface area contributed by atoms with Gasteiger partial charge in [-0.1, -0.05) is 37.1 Å². The zero-order valence-corrected chi connectivity index (χ0v) is 20.8. The molecule has 2 aliphatic heterocycles. The minimum Gasteiger partial charge on any atom is -0.339 e. The number of anilines is 1. The van der Waals surface area contributed by atoms with Gasteiger partial charge >= 0.3 is 0 Å². The molecule has 8 heteroatoms. The smallest absolute Gasteiger partial charge is 0.255 e. The van der Waals surface area contributed by atoms with Gasteiger partial charge in [0.1, 0.15) is 0 Å². The Bertz CT molecular complexity index is 1160. The topological polar surface area (TPSA) is 86.8 Å². The van der Waals surface area contributed by atoms with E-state index in [2.05, 4.69) is 5.32 Å².